The monoisotopic (exact) mass is 267 g/mol. The Balaban J connectivity index is 1.80. The number of benzene rings is 2. The van der Waals surface area contributed by atoms with Gasteiger partial charge in [-0.3, -0.25) is 0 Å². The number of rotatable bonds is 7. The van der Waals surface area contributed by atoms with Crippen molar-refractivity contribution in [2.24, 2.45) is 5.73 Å². The van der Waals surface area contributed by atoms with Gasteiger partial charge in [0.05, 0.1) is 0 Å². The maximum atomic E-state index is 5.76. The molecule has 0 saturated heterocycles. The van der Waals surface area contributed by atoms with Gasteiger partial charge in [-0.2, -0.15) is 0 Å². The first-order chi connectivity index (χ1) is 9.75. The van der Waals surface area contributed by atoms with Gasteiger partial charge < -0.3 is 5.73 Å². The van der Waals surface area contributed by atoms with Gasteiger partial charge in [-0.05, 0) is 42.9 Å². The second kappa shape index (κ2) is 7.86. The standard InChI is InChI=1S/C19H25N/c1-16(20)8-4-2-5-9-17-12-14-19(15-13-17)18-10-6-3-7-11-18/h3,6-7,10-16H,2,4-5,8-9,20H2,1H3. The van der Waals surface area contributed by atoms with Crippen LogP contribution in [0.15, 0.2) is 54.6 Å². The molecule has 106 valence electrons. The number of hydrogen-bond donors (Lipinski definition) is 1. The summed E-state index contributed by atoms with van der Waals surface area (Å²) in [4.78, 5) is 0. The summed E-state index contributed by atoms with van der Waals surface area (Å²) in [7, 11) is 0. The number of aryl methyl sites for hydroxylation is 1. The predicted octanol–water partition coefficient (Wildman–Crippen LogP) is 4.80. The molecule has 2 N–H and O–H groups in total. The van der Waals surface area contributed by atoms with E-state index in [-0.39, 0.29) is 0 Å². The Morgan fingerprint density at radius 1 is 0.800 bits per heavy atom. The Labute approximate surface area is 122 Å². The molecule has 0 amide bonds. The first kappa shape index (κ1) is 14.8. The van der Waals surface area contributed by atoms with Crippen molar-refractivity contribution in [3.05, 3.63) is 60.2 Å². The van der Waals surface area contributed by atoms with Crippen molar-refractivity contribution < 1.29 is 0 Å². The third-order valence-corrected chi connectivity index (χ3v) is 3.69. The van der Waals surface area contributed by atoms with Gasteiger partial charge in [-0.15, -0.1) is 0 Å². The van der Waals surface area contributed by atoms with Crippen LogP contribution in [0.25, 0.3) is 11.1 Å². The van der Waals surface area contributed by atoms with E-state index < -0.39 is 0 Å². The highest BCUT2D eigenvalue weighted by Gasteiger charge is 1.99. The summed E-state index contributed by atoms with van der Waals surface area (Å²) in [5.41, 5.74) is 9.78. The molecule has 0 aliphatic carbocycles. The van der Waals surface area contributed by atoms with Crippen molar-refractivity contribution >= 4 is 0 Å². The smallest absolute Gasteiger partial charge is 0.00104 e. The molecule has 0 aliphatic heterocycles. The van der Waals surface area contributed by atoms with Crippen LogP contribution < -0.4 is 5.73 Å². The minimum Gasteiger partial charge on any atom is -0.328 e. The van der Waals surface area contributed by atoms with Crippen LogP contribution in [-0.4, -0.2) is 6.04 Å². The Morgan fingerprint density at radius 2 is 1.45 bits per heavy atom. The summed E-state index contributed by atoms with van der Waals surface area (Å²) < 4.78 is 0. The zero-order valence-corrected chi connectivity index (χ0v) is 12.4. The summed E-state index contributed by atoms with van der Waals surface area (Å²) in [6, 6.07) is 19.9. The van der Waals surface area contributed by atoms with E-state index in [1.165, 1.54) is 42.4 Å². The minimum atomic E-state index is 0.347. The van der Waals surface area contributed by atoms with Crippen molar-refractivity contribution in [3.8, 4) is 11.1 Å². The van der Waals surface area contributed by atoms with Gasteiger partial charge in [-0.25, -0.2) is 0 Å². The van der Waals surface area contributed by atoms with E-state index in [4.69, 9.17) is 5.73 Å². The Hall–Kier alpha value is -1.60. The molecule has 0 aromatic heterocycles. The lowest BCUT2D eigenvalue weighted by molar-refractivity contribution is 0.579. The van der Waals surface area contributed by atoms with Crippen LogP contribution in [0.3, 0.4) is 0 Å². The van der Waals surface area contributed by atoms with E-state index in [1.54, 1.807) is 0 Å². The van der Waals surface area contributed by atoms with Crippen LogP contribution in [0.2, 0.25) is 0 Å². The predicted molar refractivity (Wildman–Crippen MR) is 87.7 cm³/mol. The summed E-state index contributed by atoms with van der Waals surface area (Å²) in [6.07, 6.45) is 6.11. The molecule has 0 saturated carbocycles. The van der Waals surface area contributed by atoms with Crippen molar-refractivity contribution in [2.75, 3.05) is 0 Å². The van der Waals surface area contributed by atoms with Gasteiger partial charge >= 0.3 is 0 Å². The van der Waals surface area contributed by atoms with Gasteiger partial charge in [-0.1, -0.05) is 67.4 Å². The largest absolute Gasteiger partial charge is 0.328 e. The lowest BCUT2D eigenvalue weighted by Crippen LogP contribution is -2.13. The molecule has 0 bridgehead atoms. The Morgan fingerprint density at radius 3 is 2.10 bits per heavy atom. The lowest BCUT2D eigenvalue weighted by atomic mass is 10.0. The SMILES string of the molecule is CC(N)CCCCCc1ccc(-c2ccccc2)cc1. The molecule has 1 heteroatoms. The topological polar surface area (TPSA) is 26.0 Å². The van der Waals surface area contributed by atoms with E-state index in [2.05, 4.69) is 61.5 Å². The summed E-state index contributed by atoms with van der Waals surface area (Å²) in [5.74, 6) is 0. The lowest BCUT2D eigenvalue weighted by Gasteiger charge is -2.06. The van der Waals surface area contributed by atoms with Crippen LogP contribution in [-0.2, 0) is 6.42 Å². The third-order valence-electron chi connectivity index (χ3n) is 3.69. The van der Waals surface area contributed by atoms with Gasteiger partial charge in [0.1, 0.15) is 0 Å². The zero-order chi connectivity index (χ0) is 14.2. The average Bonchev–Trinajstić information content (AvgIpc) is 2.48. The second-order valence-corrected chi connectivity index (χ2v) is 5.64. The molecule has 2 rings (SSSR count). The van der Waals surface area contributed by atoms with Crippen molar-refractivity contribution in [3.63, 3.8) is 0 Å². The fourth-order valence-electron chi connectivity index (χ4n) is 2.47. The number of nitrogens with two attached hydrogens (primary N) is 1. The first-order valence-corrected chi connectivity index (χ1v) is 7.65. The van der Waals surface area contributed by atoms with E-state index in [1.807, 2.05) is 0 Å². The van der Waals surface area contributed by atoms with Gasteiger partial charge in [0, 0.05) is 6.04 Å². The quantitative estimate of drug-likeness (QED) is 0.716. The molecule has 0 aliphatic rings. The fraction of sp³-hybridized carbons (Fsp3) is 0.368. The van der Waals surface area contributed by atoms with Crippen LogP contribution >= 0.6 is 0 Å². The van der Waals surface area contributed by atoms with E-state index in [0.717, 1.165) is 6.42 Å². The van der Waals surface area contributed by atoms with E-state index >= 15 is 0 Å². The van der Waals surface area contributed by atoms with Crippen LogP contribution in [0.5, 0.6) is 0 Å². The van der Waals surface area contributed by atoms with Crippen LogP contribution in [0, 0.1) is 0 Å². The van der Waals surface area contributed by atoms with E-state index in [0.29, 0.717) is 6.04 Å². The maximum absolute atomic E-state index is 5.76. The molecule has 1 nitrogen and oxygen atoms in total. The Bertz CT molecular complexity index is 485. The molecule has 0 spiro atoms. The van der Waals surface area contributed by atoms with Gasteiger partial charge in [0.25, 0.3) is 0 Å². The normalized spacial score (nSPS) is 12.3. The average molecular weight is 267 g/mol. The van der Waals surface area contributed by atoms with Gasteiger partial charge in [0.15, 0.2) is 0 Å². The number of unbranched alkanes of at least 4 members (excludes halogenated alkanes) is 2. The van der Waals surface area contributed by atoms with Crippen molar-refractivity contribution in [2.45, 2.75) is 45.1 Å². The van der Waals surface area contributed by atoms with Crippen molar-refractivity contribution in [1.29, 1.82) is 0 Å². The Kier molecular flexibility index (Phi) is 5.82. The maximum Gasteiger partial charge on any atom is 0.00104 e. The zero-order valence-electron chi connectivity index (χ0n) is 12.4. The highest BCUT2D eigenvalue weighted by molar-refractivity contribution is 5.63. The molecule has 1 atom stereocenters. The molecular weight excluding hydrogens is 242 g/mol. The number of hydrogen-bond acceptors (Lipinski definition) is 1. The molecule has 0 radical (unpaired) electrons. The third kappa shape index (κ3) is 4.82. The summed E-state index contributed by atoms with van der Waals surface area (Å²) in [5, 5.41) is 0. The summed E-state index contributed by atoms with van der Waals surface area (Å²) in [6.45, 7) is 2.09. The fourth-order valence-corrected chi connectivity index (χ4v) is 2.47. The molecule has 0 fully saturated rings. The highest BCUT2D eigenvalue weighted by atomic mass is 14.6. The van der Waals surface area contributed by atoms with Gasteiger partial charge in [0.2, 0.25) is 0 Å². The molecule has 1 unspecified atom stereocenters. The van der Waals surface area contributed by atoms with Crippen LogP contribution in [0.1, 0.15) is 38.2 Å². The molecule has 2 aromatic rings. The highest BCUT2D eigenvalue weighted by Crippen LogP contribution is 2.20. The van der Waals surface area contributed by atoms with E-state index in [9.17, 15) is 0 Å². The molecule has 0 heterocycles. The van der Waals surface area contributed by atoms with Crippen molar-refractivity contribution in [1.82, 2.24) is 0 Å². The molecule has 20 heavy (non-hydrogen) atoms. The first-order valence-electron chi connectivity index (χ1n) is 7.65. The molecule has 2 aromatic carbocycles. The second-order valence-electron chi connectivity index (χ2n) is 5.64. The minimum absolute atomic E-state index is 0.347. The van der Waals surface area contributed by atoms with Crippen LogP contribution in [0.4, 0.5) is 0 Å². The summed E-state index contributed by atoms with van der Waals surface area (Å²) >= 11 is 0. The molecular formula is C19H25N.